The fourth-order valence-corrected chi connectivity index (χ4v) is 1.44. The summed E-state index contributed by atoms with van der Waals surface area (Å²) in [5.74, 6) is -2.02. The van der Waals surface area contributed by atoms with E-state index in [0.29, 0.717) is 17.4 Å². The molecule has 0 saturated heterocycles. The number of aliphatic carboxylic acids is 2. The van der Waals surface area contributed by atoms with Gasteiger partial charge >= 0.3 is 11.9 Å². The molecule has 0 aliphatic carbocycles. The molecule has 0 radical (unpaired) electrons. The van der Waals surface area contributed by atoms with Gasteiger partial charge in [0.05, 0.1) is 12.1 Å². The Kier molecular flexibility index (Phi) is 3.82. The van der Waals surface area contributed by atoms with Gasteiger partial charge in [-0.15, -0.1) is 0 Å². The lowest BCUT2D eigenvalue weighted by atomic mass is 10.0. The molecule has 0 bridgehead atoms. The number of aromatic amines is 1. The standard InChI is InChI=1S/C10H11NO5/c12-5-8-7(3-10(15)16)6(4-11-8)1-2-9(13)14/h4-5,11H,1-3H2,(H,13,14)(H,15,16). The number of aldehydes is 1. The SMILES string of the molecule is O=Cc1[nH]cc(CCC(=O)O)c1CC(=O)O. The summed E-state index contributed by atoms with van der Waals surface area (Å²) in [5.41, 5.74) is 1.12. The van der Waals surface area contributed by atoms with E-state index in [-0.39, 0.29) is 25.0 Å². The third kappa shape index (κ3) is 2.94. The normalized spacial score (nSPS) is 10.0. The smallest absolute Gasteiger partial charge is 0.307 e. The summed E-state index contributed by atoms with van der Waals surface area (Å²) in [6.45, 7) is 0. The van der Waals surface area contributed by atoms with E-state index in [1.165, 1.54) is 6.20 Å². The number of carboxylic acids is 2. The Balaban J connectivity index is 2.90. The van der Waals surface area contributed by atoms with Crippen LogP contribution in [0.3, 0.4) is 0 Å². The van der Waals surface area contributed by atoms with Crippen LogP contribution in [-0.4, -0.2) is 33.4 Å². The zero-order valence-electron chi connectivity index (χ0n) is 8.40. The second-order valence-corrected chi connectivity index (χ2v) is 3.29. The van der Waals surface area contributed by atoms with Crippen LogP contribution in [0, 0.1) is 0 Å². The largest absolute Gasteiger partial charge is 0.481 e. The summed E-state index contributed by atoms with van der Waals surface area (Å²) < 4.78 is 0. The minimum absolute atomic E-state index is 0.0945. The predicted molar refractivity (Wildman–Crippen MR) is 53.5 cm³/mol. The van der Waals surface area contributed by atoms with Crippen molar-refractivity contribution in [1.82, 2.24) is 4.98 Å². The average molecular weight is 225 g/mol. The Hall–Kier alpha value is -2.11. The van der Waals surface area contributed by atoms with E-state index in [9.17, 15) is 14.4 Å². The summed E-state index contributed by atoms with van der Waals surface area (Å²) in [6.07, 6.45) is 1.84. The Morgan fingerprint density at radius 2 is 2.00 bits per heavy atom. The maximum atomic E-state index is 10.6. The van der Waals surface area contributed by atoms with Crippen LogP contribution < -0.4 is 0 Å². The predicted octanol–water partition coefficient (Wildman–Crippen LogP) is 0.471. The fraction of sp³-hybridized carbons (Fsp3) is 0.300. The van der Waals surface area contributed by atoms with Crippen LogP contribution in [0.1, 0.15) is 28.0 Å². The van der Waals surface area contributed by atoms with Gasteiger partial charge in [0.15, 0.2) is 6.29 Å². The molecular formula is C10H11NO5. The van der Waals surface area contributed by atoms with E-state index in [4.69, 9.17) is 10.2 Å². The van der Waals surface area contributed by atoms with E-state index in [1.54, 1.807) is 0 Å². The van der Waals surface area contributed by atoms with Crippen LogP contribution in [0.4, 0.5) is 0 Å². The molecule has 1 rings (SSSR count). The van der Waals surface area contributed by atoms with Crippen molar-refractivity contribution in [2.75, 3.05) is 0 Å². The molecule has 0 atom stereocenters. The van der Waals surface area contributed by atoms with Crippen molar-refractivity contribution in [3.8, 4) is 0 Å². The molecule has 6 nitrogen and oxygen atoms in total. The summed E-state index contributed by atoms with van der Waals surface area (Å²) in [5, 5.41) is 17.2. The number of aryl methyl sites for hydroxylation is 1. The summed E-state index contributed by atoms with van der Waals surface area (Å²) >= 11 is 0. The van der Waals surface area contributed by atoms with E-state index in [0.717, 1.165) is 0 Å². The van der Waals surface area contributed by atoms with Gasteiger partial charge in [-0.25, -0.2) is 0 Å². The molecule has 1 heterocycles. The summed E-state index contributed by atoms with van der Waals surface area (Å²) in [4.78, 5) is 34.2. The molecule has 0 aromatic carbocycles. The molecule has 0 aliphatic rings. The minimum atomic E-state index is -1.06. The molecule has 0 fully saturated rings. The van der Waals surface area contributed by atoms with Gasteiger partial charge in [0.25, 0.3) is 0 Å². The van der Waals surface area contributed by atoms with Gasteiger partial charge in [-0.3, -0.25) is 14.4 Å². The van der Waals surface area contributed by atoms with Crippen molar-refractivity contribution >= 4 is 18.2 Å². The van der Waals surface area contributed by atoms with Gasteiger partial charge in [-0.05, 0) is 17.5 Å². The van der Waals surface area contributed by atoms with Crippen LogP contribution in [0.2, 0.25) is 0 Å². The lowest BCUT2D eigenvalue weighted by Crippen LogP contribution is -2.05. The Labute approximate surface area is 90.9 Å². The quantitative estimate of drug-likeness (QED) is 0.610. The number of carbonyl (C=O) groups is 3. The van der Waals surface area contributed by atoms with E-state index >= 15 is 0 Å². The van der Waals surface area contributed by atoms with Gasteiger partial charge in [0.1, 0.15) is 0 Å². The first-order chi connectivity index (χ1) is 7.54. The van der Waals surface area contributed by atoms with Gasteiger partial charge in [-0.1, -0.05) is 0 Å². The van der Waals surface area contributed by atoms with Crippen LogP contribution in [-0.2, 0) is 22.4 Å². The number of nitrogens with one attached hydrogen (secondary N) is 1. The maximum Gasteiger partial charge on any atom is 0.307 e. The highest BCUT2D eigenvalue weighted by Gasteiger charge is 2.14. The number of H-pyrrole nitrogens is 1. The number of aromatic nitrogens is 1. The van der Waals surface area contributed by atoms with Crippen LogP contribution in [0.25, 0.3) is 0 Å². The highest BCUT2D eigenvalue weighted by Crippen LogP contribution is 2.15. The third-order valence-electron chi connectivity index (χ3n) is 2.17. The summed E-state index contributed by atoms with van der Waals surface area (Å²) in [6, 6.07) is 0. The zero-order valence-corrected chi connectivity index (χ0v) is 8.40. The van der Waals surface area contributed by atoms with Gasteiger partial charge in [0, 0.05) is 12.6 Å². The number of hydrogen-bond donors (Lipinski definition) is 3. The highest BCUT2D eigenvalue weighted by atomic mass is 16.4. The molecule has 0 spiro atoms. The molecule has 0 unspecified atom stereocenters. The molecule has 0 saturated carbocycles. The van der Waals surface area contributed by atoms with Crippen molar-refractivity contribution < 1.29 is 24.6 Å². The van der Waals surface area contributed by atoms with Crippen LogP contribution in [0.5, 0.6) is 0 Å². The van der Waals surface area contributed by atoms with Crippen molar-refractivity contribution in [2.45, 2.75) is 19.3 Å². The minimum Gasteiger partial charge on any atom is -0.481 e. The Morgan fingerprint density at radius 1 is 1.31 bits per heavy atom. The van der Waals surface area contributed by atoms with Gasteiger partial charge < -0.3 is 15.2 Å². The molecule has 86 valence electrons. The van der Waals surface area contributed by atoms with E-state index in [1.807, 2.05) is 0 Å². The van der Waals surface area contributed by atoms with Crippen LogP contribution >= 0.6 is 0 Å². The summed E-state index contributed by atoms with van der Waals surface area (Å²) in [7, 11) is 0. The molecule has 0 aliphatic heterocycles. The van der Waals surface area contributed by atoms with E-state index in [2.05, 4.69) is 4.98 Å². The fourth-order valence-electron chi connectivity index (χ4n) is 1.44. The molecule has 3 N–H and O–H groups in total. The van der Waals surface area contributed by atoms with Crippen molar-refractivity contribution in [2.24, 2.45) is 0 Å². The number of rotatable bonds is 6. The molecule has 1 aromatic rings. The second kappa shape index (κ2) is 5.11. The molecule has 1 aromatic heterocycles. The maximum absolute atomic E-state index is 10.6. The number of carboxylic acid groups (broad SMARTS) is 2. The van der Waals surface area contributed by atoms with Crippen molar-refractivity contribution in [3.63, 3.8) is 0 Å². The molecule has 16 heavy (non-hydrogen) atoms. The molecular weight excluding hydrogens is 214 g/mol. The first-order valence-corrected chi connectivity index (χ1v) is 4.62. The lowest BCUT2D eigenvalue weighted by molar-refractivity contribution is -0.137. The monoisotopic (exact) mass is 225 g/mol. The molecule has 6 heteroatoms. The highest BCUT2D eigenvalue weighted by molar-refractivity contribution is 5.80. The number of hydrogen-bond acceptors (Lipinski definition) is 3. The van der Waals surface area contributed by atoms with Crippen molar-refractivity contribution in [1.29, 1.82) is 0 Å². The third-order valence-corrected chi connectivity index (χ3v) is 2.17. The Morgan fingerprint density at radius 3 is 2.50 bits per heavy atom. The topological polar surface area (TPSA) is 107 Å². The average Bonchev–Trinajstić information content (AvgIpc) is 2.56. The zero-order chi connectivity index (χ0) is 12.1. The van der Waals surface area contributed by atoms with Gasteiger partial charge in [0.2, 0.25) is 0 Å². The molecule has 0 amide bonds. The first kappa shape index (κ1) is 12.0. The first-order valence-electron chi connectivity index (χ1n) is 4.62. The van der Waals surface area contributed by atoms with Crippen molar-refractivity contribution in [3.05, 3.63) is 23.0 Å². The second-order valence-electron chi connectivity index (χ2n) is 3.29. The Bertz CT molecular complexity index is 421. The number of carbonyl (C=O) groups excluding carboxylic acids is 1. The van der Waals surface area contributed by atoms with Crippen LogP contribution in [0.15, 0.2) is 6.20 Å². The van der Waals surface area contributed by atoms with Gasteiger partial charge in [-0.2, -0.15) is 0 Å². The lowest BCUT2D eigenvalue weighted by Gasteiger charge is -2.00. The van der Waals surface area contributed by atoms with E-state index < -0.39 is 11.9 Å².